The number of nitrogens with zero attached hydrogens (tertiary/aromatic N) is 1. The topological polar surface area (TPSA) is 40.5 Å². The Kier molecular flexibility index (Phi) is 2.49. The Morgan fingerprint density at radius 2 is 2.09 bits per heavy atom. The van der Waals surface area contributed by atoms with Crippen molar-refractivity contribution in [2.45, 2.75) is 25.3 Å². The summed E-state index contributed by atoms with van der Waals surface area (Å²) in [6, 6.07) is 0.624. The molecule has 3 heteroatoms. The van der Waals surface area contributed by atoms with Crippen LogP contribution in [0.3, 0.4) is 0 Å². The maximum absolute atomic E-state index is 10.3. The monoisotopic (exact) mass is 157 g/mol. The van der Waals surface area contributed by atoms with Crippen LogP contribution in [0.5, 0.6) is 0 Å². The minimum atomic E-state index is -0.660. The van der Waals surface area contributed by atoms with Crippen LogP contribution < -0.4 is 0 Å². The molecule has 1 aliphatic carbocycles. The third-order valence-corrected chi connectivity index (χ3v) is 2.40. The number of hydrogen-bond donors (Lipinski definition) is 1. The summed E-state index contributed by atoms with van der Waals surface area (Å²) in [5, 5.41) is 8.46. The fourth-order valence-electron chi connectivity index (χ4n) is 1.54. The van der Waals surface area contributed by atoms with Crippen molar-refractivity contribution in [3.05, 3.63) is 0 Å². The first-order valence-corrected chi connectivity index (χ1v) is 3.98. The van der Waals surface area contributed by atoms with E-state index < -0.39 is 5.97 Å². The van der Waals surface area contributed by atoms with Gasteiger partial charge in [-0.05, 0) is 32.9 Å². The van der Waals surface area contributed by atoms with E-state index in [9.17, 15) is 4.79 Å². The second-order valence-corrected chi connectivity index (χ2v) is 3.55. The van der Waals surface area contributed by atoms with E-state index in [1.54, 1.807) is 0 Å². The molecule has 0 amide bonds. The van der Waals surface area contributed by atoms with Crippen molar-refractivity contribution in [2.75, 3.05) is 14.1 Å². The lowest BCUT2D eigenvalue weighted by Gasteiger charge is -2.38. The van der Waals surface area contributed by atoms with Crippen LogP contribution in [0.4, 0.5) is 0 Å². The van der Waals surface area contributed by atoms with E-state index in [0.29, 0.717) is 18.4 Å². The molecule has 1 saturated carbocycles. The average Bonchev–Trinajstić information content (AvgIpc) is 1.75. The normalized spacial score (nSPS) is 30.1. The predicted molar refractivity (Wildman–Crippen MR) is 42.5 cm³/mol. The molecule has 0 spiro atoms. The molecule has 0 heterocycles. The highest BCUT2D eigenvalue weighted by atomic mass is 16.4. The summed E-state index contributed by atoms with van der Waals surface area (Å²) < 4.78 is 0. The van der Waals surface area contributed by atoms with Gasteiger partial charge >= 0.3 is 5.97 Å². The van der Waals surface area contributed by atoms with Crippen LogP contribution >= 0.6 is 0 Å². The van der Waals surface area contributed by atoms with Crippen molar-refractivity contribution in [1.82, 2.24) is 4.90 Å². The molecule has 0 unspecified atom stereocenters. The van der Waals surface area contributed by atoms with E-state index in [1.807, 2.05) is 14.1 Å². The second kappa shape index (κ2) is 3.22. The van der Waals surface area contributed by atoms with Crippen LogP contribution in [0.25, 0.3) is 0 Å². The van der Waals surface area contributed by atoms with Gasteiger partial charge in [-0.15, -0.1) is 0 Å². The molecule has 0 atom stereocenters. The first kappa shape index (κ1) is 8.53. The van der Waals surface area contributed by atoms with Gasteiger partial charge in [0.15, 0.2) is 0 Å². The van der Waals surface area contributed by atoms with Gasteiger partial charge in [-0.3, -0.25) is 4.79 Å². The smallest absolute Gasteiger partial charge is 0.303 e. The lowest BCUT2D eigenvalue weighted by molar-refractivity contribution is -0.139. The average molecular weight is 157 g/mol. The summed E-state index contributed by atoms with van der Waals surface area (Å²) in [7, 11) is 4.09. The van der Waals surface area contributed by atoms with Gasteiger partial charge in [-0.1, -0.05) is 0 Å². The van der Waals surface area contributed by atoms with Gasteiger partial charge in [0.2, 0.25) is 0 Å². The molecule has 3 nitrogen and oxygen atoms in total. The van der Waals surface area contributed by atoms with Gasteiger partial charge in [0.25, 0.3) is 0 Å². The van der Waals surface area contributed by atoms with Gasteiger partial charge in [-0.2, -0.15) is 0 Å². The molecule has 1 fully saturated rings. The van der Waals surface area contributed by atoms with Gasteiger partial charge in [0.05, 0.1) is 0 Å². The quantitative estimate of drug-likeness (QED) is 0.658. The lowest BCUT2D eigenvalue weighted by atomic mass is 9.78. The Balaban J connectivity index is 2.14. The van der Waals surface area contributed by atoms with Gasteiger partial charge < -0.3 is 10.0 Å². The van der Waals surface area contributed by atoms with Crippen molar-refractivity contribution in [3.8, 4) is 0 Å². The Morgan fingerprint density at radius 1 is 1.55 bits per heavy atom. The highest BCUT2D eigenvalue weighted by Crippen LogP contribution is 2.32. The van der Waals surface area contributed by atoms with Crippen LogP contribution in [-0.2, 0) is 4.79 Å². The molecule has 0 aromatic carbocycles. The van der Waals surface area contributed by atoms with E-state index in [-0.39, 0.29) is 0 Å². The summed E-state index contributed by atoms with van der Waals surface area (Å²) in [6.07, 6.45) is 2.46. The van der Waals surface area contributed by atoms with Crippen molar-refractivity contribution in [3.63, 3.8) is 0 Å². The summed E-state index contributed by atoms with van der Waals surface area (Å²) in [5.41, 5.74) is 0. The van der Waals surface area contributed by atoms with Crippen molar-refractivity contribution >= 4 is 5.97 Å². The molecule has 0 aromatic rings. The second-order valence-electron chi connectivity index (χ2n) is 3.55. The standard InChI is InChI=1S/C8H15NO2/c1-9(2)7-3-6(4-7)5-8(10)11/h6-7H,3-5H2,1-2H3,(H,10,11). The number of aliphatic carboxylic acids is 1. The summed E-state index contributed by atoms with van der Waals surface area (Å²) in [5.74, 6) is -0.230. The van der Waals surface area contributed by atoms with Crippen LogP contribution in [-0.4, -0.2) is 36.1 Å². The minimum Gasteiger partial charge on any atom is -0.481 e. The first-order chi connectivity index (χ1) is 5.09. The number of rotatable bonds is 3. The molecular weight excluding hydrogens is 142 g/mol. The molecule has 0 radical (unpaired) electrons. The maximum Gasteiger partial charge on any atom is 0.303 e. The molecule has 1 rings (SSSR count). The SMILES string of the molecule is CN(C)C1CC(CC(=O)O)C1. The van der Waals surface area contributed by atoms with Crippen molar-refractivity contribution in [2.24, 2.45) is 5.92 Å². The predicted octanol–water partition coefficient (Wildman–Crippen LogP) is 0.801. The van der Waals surface area contributed by atoms with E-state index >= 15 is 0 Å². The molecule has 0 bridgehead atoms. The number of hydrogen-bond acceptors (Lipinski definition) is 2. The third kappa shape index (κ3) is 2.19. The summed E-state index contributed by atoms with van der Waals surface area (Å²) in [6.45, 7) is 0. The van der Waals surface area contributed by atoms with Crippen molar-refractivity contribution < 1.29 is 9.90 Å². The Morgan fingerprint density at radius 3 is 2.45 bits per heavy atom. The fraction of sp³-hybridized carbons (Fsp3) is 0.875. The first-order valence-electron chi connectivity index (χ1n) is 3.98. The molecule has 0 aliphatic heterocycles. The zero-order valence-electron chi connectivity index (χ0n) is 7.08. The van der Waals surface area contributed by atoms with E-state index in [0.717, 1.165) is 12.8 Å². The molecular formula is C8H15NO2. The van der Waals surface area contributed by atoms with Crippen LogP contribution in [0.1, 0.15) is 19.3 Å². The van der Waals surface area contributed by atoms with E-state index in [4.69, 9.17) is 5.11 Å². The Hall–Kier alpha value is -0.570. The number of carboxylic acids is 1. The molecule has 64 valence electrons. The van der Waals surface area contributed by atoms with Gasteiger partial charge in [-0.25, -0.2) is 0 Å². The number of carbonyl (C=O) groups is 1. The molecule has 1 N–H and O–H groups in total. The fourth-order valence-corrected chi connectivity index (χ4v) is 1.54. The van der Waals surface area contributed by atoms with Gasteiger partial charge in [0, 0.05) is 12.5 Å². The Bertz CT molecular complexity index is 150. The minimum absolute atomic E-state index is 0.352. The van der Waals surface area contributed by atoms with Crippen LogP contribution in [0, 0.1) is 5.92 Å². The van der Waals surface area contributed by atoms with Crippen molar-refractivity contribution in [1.29, 1.82) is 0 Å². The summed E-state index contributed by atoms with van der Waals surface area (Å²) in [4.78, 5) is 12.4. The zero-order valence-corrected chi connectivity index (χ0v) is 7.08. The molecule has 11 heavy (non-hydrogen) atoms. The highest BCUT2D eigenvalue weighted by molar-refractivity contribution is 5.67. The molecule has 1 aliphatic rings. The largest absolute Gasteiger partial charge is 0.481 e. The molecule has 0 saturated heterocycles. The van der Waals surface area contributed by atoms with E-state index in [2.05, 4.69) is 4.90 Å². The van der Waals surface area contributed by atoms with Crippen LogP contribution in [0.2, 0.25) is 0 Å². The maximum atomic E-state index is 10.3. The zero-order chi connectivity index (χ0) is 8.43. The lowest BCUT2D eigenvalue weighted by Crippen LogP contribution is -2.40. The Labute approximate surface area is 67.0 Å². The van der Waals surface area contributed by atoms with E-state index in [1.165, 1.54) is 0 Å². The molecule has 0 aromatic heterocycles. The van der Waals surface area contributed by atoms with Crippen LogP contribution in [0.15, 0.2) is 0 Å². The number of carboxylic acid groups (broad SMARTS) is 1. The van der Waals surface area contributed by atoms with Gasteiger partial charge in [0.1, 0.15) is 0 Å². The highest BCUT2D eigenvalue weighted by Gasteiger charge is 2.31. The third-order valence-electron chi connectivity index (χ3n) is 2.40. The summed E-state index contributed by atoms with van der Waals surface area (Å²) >= 11 is 0.